The summed E-state index contributed by atoms with van der Waals surface area (Å²) in [6.45, 7) is 25.4. The van der Waals surface area contributed by atoms with Gasteiger partial charge in [-0.05, 0) is 0 Å². The Kier molecular flexibility index (Phi) is 243. The number of hydrogen-bond acceptors (Lipinski definition) is 0. The fourth-order valence-corrected chi connectivity index (χ4v) is 0. The highest BCUT2D eigenvalue weighted by Crippen LogP contribution is 1.76. The molecule has 120 valence electrons. The predicted octanol–water partition coefficient (Wildman–Crippen LogP) is 8.50. The van der Waals surface area contributed by atoms with Gasteiger partial charge in [0.2, 0.25) is 0 Å². The van der Waals surface area contributed by atoms with Gasteiger partial charge in [-0.15, -0.1) is 0 Å². The van der Waals surface area contributed by atoms with E-state index in [9.17, 15) is 0 Å². The minimum absolute atomic E-state index is 1.25. The van der Waals surface area contributed by atoms with Crippen molar-refractivity contribution in [2.24, 2.45) is 0 Å². The lowest BCUT2D eigenvalue weighted by Crippen LogP contribution is -1.47. The van der Waals surface area contributed by atoms with Gasteiger partial charge in [0, 0.05) is 0 Å². The van der Waals surface area contributed by atoms with E-state index in [-0.39, 0.29) is 0 Å². The third-order valence-corrected chi connectivity index (χ3v) is 0.500. The molecule has 0 aromatic carbocycles. The lowest BCUT2D eigenvalue weighted by atomic mass is 10.4. The Labute approximate surface area is 122 Å². The lowest BCUT2D eigenvalue weighted by molar-refractivity contribution is 0.886. The molecule has 0 aliphatic rings. The Morgan fingerprint density at radius 2 is 0.389 bits per heavy atom. The van der Waals surface area contributed by atoms with Gasteiger partial charge >= 0.3 is 0 Å². The third-order valence-electron chi connectivity index (χ3n) is 0.500. The fourth-order valence-electron chi connectivity index (χ4n) is 0. The highest BCUT2D eigenvalue weighted by molar-refractivity contribution is 4.12. The largest absolute Gasteiger partial charge is 0.0683 e. The molecular formula is C18H48. The second-order valence-electron chi connectivity index (χ2n) is 3.83. The van der Waals surface area contributed by atoms with E-state index < -0.39 is 0 Å². The van der Waals surface area contributed by atoms with Crippen LogP contribution in [0, 0.1) is 0 Å². The summed E-state index contributed by atoms with van der Waals surface area (Å²) in [6, 6.07) is 0. The van der Waals surface area contributed by atoms with Crippen molar-refractivity contribution in [2.45, 2.75) is 122 Å². The maximum atomic E-state index is 2.18. The van der Waals surface area contributed by atoms with E-state index in [2.05, 4.69) is 69.2 Å². The van der Waals surface area contributed by atoms with E-state index in [1.807, 2.05) is 13.8 Å². The minimum atomic E-state index is 1.25. The van der Waals surface area contributed by atoms with Gasteiger partial charge in [-0.25, -0.2) is 0 Å². The number of hydrogen-bond donors (Lipinski definition) is 0. The van der Waals surface area contributed by atoms with Crippen LogP contribution in [0.4, 0.5) is 0 Å². The molecule has 0 saturated heterocycles. The van der Waals surface area contributed by atoms with Crippen LogP contribution in [0.15, 0.2) is 0 Å². The molecule has 0 unspecified atom stereocenters. The average molecular weight is 265 g/mol. The zero-order valence-electron chi connectivity index (χ0n) is 16.2. The van der Waals surface area contributed by atoms with Crippen LogP contribution in [-0.4, -0.2) is 0 Å². The van der Waals surface area contributed by atoms with Crippen molar-refractivity contribution in [3.8, 4) is 0 Å². The van der Waals surface area contributed by atoms with E-state index in [1.54, 1.807) is 0 Å². The summed E-state index contributed by atoms with van der Waals surface area (Å²) in [5.41, 5.74) is 0. The maximum absolute atomic E-state index is 2.18. The SMILES string of the molecule is CC.CCC.CCC.CCC.CCC.CCCC. The van der Waals surface area contributed by atoms with Gasteiger partial charge in [0.15, 0.2) is 0 Å². The molecule has 18 heavy (non-hydrogen) atoms. The molecule has 0 aliphatic carbocycles. The van der Waals surface area contributed by atoms with Crippen molar-refractivity contribution in [3.63, 3.8) is 0 Å². The minimum Gasteiger partial charge on any atom is -0.0683 e. The standard InChI is InChI=1S/C4H10.4C3H8.C2H6/c1-3-4-2;4*1-3-2;1-2/h3-4H2,1-2H3;4*3H2,1-2H3;1-2H3. The molecule has 0 radical (unpaired) electrons. The second-order valence-corrected chi connectivity index (χ2v) is 3.83. The number of rotatable bonds is 1. The quantitative estimate of drug-likeness (QED) is 0.445. The molecule has 0 saturated carbocycles. The van der Waals surface area contributed by atoms with Crippen LogP contribution in [0.3, 0.4) is 0 Å². The van der Waals surface area contributed by atoms with Crippen LogP contribution in [0.25, 0.3) is 0 Å². The van der Waals surface area contributed by atoms with Crippen LogP contribution >= 0.6 is 0 Å². The molecule has 0 fully saturated rings. The van der Waals surface area contributed by atoms with Crippen molar-refractivity contribution in [1.29, 1.82) is 0 Å². The molecule has 0 aromatic heterocycles. The fraction of sp³-hybridized carbons (Fsp3) is 1.00. The van der Waals surface area contributed by atoms with Crippen molar-refractivity contribution in [2.75, 3.05) is 0 Å². The van der Waals surface area contributed by atoms with E-state index in [0.717, 1.165) is 0 Å². The summed E-state index contributed by atoms with van der Waals surface area (Å²) >= 11 is 0. The van der Waals surface area contributed by atoms with Crippen molar-refractivity contribution in [3.05, 3.63) is 0 Å². The molecule has 0 atom stereocenters. The van der Waals surface area contributed by atoms with E-state index in [4.69, 9.17) is 0 Å². The highest BCUT2D eigenvalue weighted by Gasteiger charge is 1.56. The first kappa shape index (κ1) is 36.1. The van der Waals surface area contributed by atoms with Gasteiger partial charge in [-0.2, -0.15) is 0 Å². The van der Waals surface area contributed by atoms with Gasteiger partial charge in [0.25, 0.3) is 0 Å². The Balaban J connectivity index is -0.0000000243. The third kappa shape index (κ3) is 3600. The van der Waals surface area contributed by atoms with E-state index in [0.29, 0.717) is 0 Å². The molecule has 0 rings (SSSR count). The van der Waals surface area contributed by atoms with Crippen LogP contribution in [0.2, 0.25) is 0 Å². The molecular weight excluding hydrogens is 216 g/mol. The normalized spacial score (nSPS) is 6.00. The monoisotopic (exact) mass is 264 g/mol. The highest BCUT2D eigenvalue weighted by atomic mass is 13.6. The van der Waals surface area contributed by atoms with Crippen molar-refractivity contribution >= 4 is 0 Å². The molecule has 0 nitrogen and oxygen atoms in total. The first-order valence-corrected chi connectivity index (χ1v) is 8.57. The summed E-state index contributed by atoms with van der Waals surface area (Å²) < 4.78 is 0. The zero-order valence-corrected chi connectivity index (χ0v) is 16.2. The van der Waals surface area contributed by atoms with Gasteiger partial charge in [-0.1, -0.05) is 122 Å². The summed E-state index contributed by atoms with van der Waals surface area (Å²) in [7, 11) is 0. The maximum Gasteiger partial charge on any atom is -0.0564 e. The molecule has 0 heterocycles. The Morgan fingerprint density at radius 1 is 0.333 bits per heavy atom. The Hall–Kier alpha value is 0. The van der Waals surface area contributed by atoms with Gasteiger partial charge in [-0.3, -0.25) is 0 Å². The summed E-state index contributed by atoms with van der Waals surface area (Å²) in [5.74, 6) is 0. The first-order chi connectivity index (χ1) is 8.57. The molecule has 0 spiro atoms. The number of unbranched alkanes of at least 4 members (excludes halogenated alkanes) is 1. The summed E-state index contributed by atoms with van der Waals surface area (Å²) in [5, 5.41) is 0. The molecule has 0 aromatic rings. The van der Waals surface area contributed by atoms with E-state index in [1.165, 1.54) is 38.5 Å². The first-order valence-electron chi connectivity index (χ1n) is 8.57. The molecule has 0 aliphatic heterocycles. The average Bonchev–Trinajstić information content (AvgIpc) is 2.35. The molecule has 0 N–H and O–H groups in total. The molecule has 0 amide bonds. The van der Waals surface area contributed by atoms with E-state index >= 15 is 0 Å². The van der Waals surface area contributed by atoms with Crippen LogP contribution in [-0.2, 0) is 0 Å². The predicted molar refractivity (Wildman–Crippen MR) is 95.8 cm³/mol. The van der Waals surface area contributed by atoms with Gasteiger partial charge in [0.05, 0.1) is 0 Å². The lowest BCUT2D eigenvalue weighted by Gasteiger charge is -1.68. The summed E-state index contributed by atoms with van der Waals surface area (Å²) in [6.07, 6.45) is 7.64. The summed E-state index contributed by atoms with van der Waals surface area (Å²) in [4.78, 5) is 0. The van der Waals surface area contributed by atoms with Gasteiger partial charge < -0.3 is 0 Å². The molecule has 0 bridgehead atoms. The smallest absolute Gasteiger partial charge is 0.0564 e. The Bertz CT molecular complexity index is 21.0. The zero-order chi connectivity index (χ0) is 16.2. The van der Waals surface area contributed by atoms with Gasteiger partial charge in [0.1, 0.15) is 0 Å². The Morgan fingerprint density at radius 3 is 0.389 bits per heavy atom. The second kappa shape index (κ2) is 121. The van der Waals surface area contributed by atoms with Crippen LogP contribution in [0.1, 0.15) is 122 Å². The van der Waals surface area contributed by atoms with Crippen LogP contribution < -0.4 is 0 Å². The van der Waals surface area contributed by atoms with Crippen LogP contribution in [0.5, 0.6) is 0 Å². The van der Waals surface area contributed by atoms with Crippen molar-refractivity contribution in [1.82, 2.24) is 0 Å². The molecule has 0 heteroatoms. The van der Waals surface area contributed by atoms with Crippen molar-refractivity contribution < 1.29 is 0 Å². The topological polar surface area (TPSA) is 0 Å².